The van der Waals surface area contributed by atoms with Crippen LogP contribution in [-0.4, -0.2) is 18.9 Å². The number of aryl methyl sites for hydroxylation is 1. The van der Waals surface area contributed by atoms with Gasteiger partial charge >= 0.3 is 0 Å². The molecule has 4 nitrogen and oxygen atoms in total. The van der Waals surface area contributed by atoms with Crippen LogP contribution in [0, 0.1) is 5.92 Å². The van der Waals surface area contributed by atoms with E-state index < -0.39 is 0 Å². The fraction of sp³-hybridized carbons (Fsp3) is 0.429. The van der Waals surface area contributed by atoms with Crippen molar-refractivity contribution in [1.82, 2.24) is 0 Å². The van der Waals surface area contributed by atoms with Gasteiger partial charge < -0.3 is 10.2 Å². The Morgan fingerprint density at radius 1 is 1.33 bits per heavy atom. The van der Waals surface area contributed by atoms with Gasteiger partial charge in [0.15, 0.2) is 0 Å². The van der Waals surface area contributed by atoms with E-state index in [4.69, 9.17) is 0 Å². The normalized spacial score (nSPS) is 14.7. The van der Waals surface area contributed by atoms with Crippen molar-refractivity contribution < 1.29 is 9.59 Å². The van der Waals surface area contributed by atoms with Crippen LogP contribution in [0.5, 0.6) is 0 Å². The highest BCUT2D eigenvalue weighted by Gasteiger charge is 2.21. The van der Waals surface area contributed by atoms with Crippen molar-refractivity contribution in [3.63, 3.8) is 0 Å². The number of amides is 2. The molecule has 0 fully saturated rings. The molecular weight excluding hydrogens is 228 g/mol. The minimum Gasteiger partial charge on any atom is -0.326 e. The van der Waals surface area contributed by atoms with E-state index in [2.05, 4.69) is 5.32 Å². The Kier molecular flexibility index (Phi) is 3.36. The van der Waals surface area contributed by atoms with Crippen LogP contribution in [-0.2, 0) is 16.0 Å². The summed E-state index contributed by atoms with van der Waals surface area (Å²) in [5.74, 6) is 0.113. The first-order valence-electron chi connectivity index (χ1n) is 6.19. The molecule has 1 N–H and O–H groups in total. The highest BCUT2D eigenvalue weighted by Crippen LogP contribution is 2.29. The second-order valence-electron chi connectivity index (χ2n) is 4.94. The highest BCUT2D eigenvalue weighted by molar-refractivity contribution is 5.97. The van der Waals surface area contributed by atoms with E-state index in [1.54, 1.807) is 11.9 Å². The van der Waals surface area contributed by atoms with E-state index in [0.29, 0.717) is 6.42 Å². The van der Waals surface area contributed by atoms with Crippen LogP contribution in [0.25, 0.3) is 0 Å². The first-order chi connectivity index (χ1) is 8.49. The summed E-state index contributed by atoms with van der Waals surface area (Å²) in [5, 5.41) is 2.88. The molecule has 0 saturated heterocycles. The van der Waals surface area contributed by atoms with Gasteiger partial charge in [0.05, 0.1) is 0 Å². The molecule has 0 unspecified atom stereocenters. The van der Waals surface area contributed by atoms with E-state index in [-0.39, 0.29) is 17.7 Å². The zero-order chi connectivity index (χ0) is 13.3. The molecule has 0 radical (unpaired) electrons. The molecular formula is C14H18N2O2. The average Bonchev–Trinajstić information content (AvgIpc) is 2.34. The lowest BCUT2D eigenvalue weighted by molar-refractivity contribution is -0.119. The van der Waals surface area contributed by atoms with E-state index in [9.17, 15) is 9.59 Å². The molecule has 2 rings (SSSR count). The van der Waals surface area contributed by atoms with Gasteiger partial charge in [-0.3, -0.25) is 9.59 Å². The molecule has 96 valence electrons. The number of nitrogens with zero attached hydrogens (tertiary/aromatic N) is 1. The number of benzene rings is 1. The summed E-state index contributed by atoms with van der Waals surface area (Å²) >= 11 is 0. The predicted octanol–water partition coefficient (Wildman–Crippen LogP) is 2.19. The number of fused-ring (bicyclic) bond motifs is 1. The Balaban J connectivity index is 2.23. The maximum Gasteiger partial charge on any atom is 0.227 e. The number of anilines is 2. The number of rotatable bonds is 2. The van der Waals surface area contributed by atoms with Crippen LogP contribution < -0.4 is 10.2 Å². The van der Waals surface area contributed by atoms with Crippen molar-refractivity contribution in [3.8, 4) is 0 Å². The first kappa shape index (κ1) is 12.6. The zero-order valence-electron chi connectivity index (χ0n) is 11.0. The Hall–Kier alpha value is -1.84. The van der Waals surface area contributed by atoms with Gasteiger partial charge in [0.25, 0.3) is 0 Å². The van der Waals surface area contributed by atoms with Crippen LogP contribution in [0.2, 0.25) is 0 Å². The Morgan fingerprint density at radius 2 is 2.06 bits per heavy atom. The number of carbonyl (C=O) groups is 2. The van der Waals surface area contributed by atoms with Gasteiger partial charge in [-0.15, -0.1) is 0 Å². The van der Waals surface area contributed by atoms with Crippen LogP contribution in [0.4, 0.5) is 11.4 Å². The number of nitrogens with one attached hydrogen (secondary N) is 1. The van der Waals surface area contributed by atoms with Gasteiger partial charge in [-0.05, 0) is 30.2 Å². The van der Waals surface area contributed by atoms with E-state index in [1.807, 2.05) is 32.0 Å². The third-order valence-corrected chi connectivity index (χ3v) is 3.22. The van der Waals surface area contributed by atoms with E-state index >= 15 is 0 Å². The summed E-state index contributed by atoms with van der Waals surface area (Å²) in [7, 11) is 1.78. The molecule has 0 spiro atoms. The molecule has 0 aromatic heterocycles. The maximum absolute atomic E-state index is 11.6. The summed E-state index contributed by atoms with van der Waals surface area (Å²) in [6.45, 7) is 3.72. The largest absolute Gasteiger partial charge is 0.326 e. The summed E-state index contributed by atoms with van der Waals surface area (Å²) in [5.41, 5.74) is 2.85. The van der Waals surface area contributed by atoms with Gasteiger partial charge in [-0.2, -0.15) is 0 Å². The van der Waals surface area contributed by atoms with Crippen molar-refractivity contribution in [2.24, 2.45) is 5.92 Å². The average molecular weight is 246 g/mol. The number of carbonyl (C=O) groups excluding carboxylic acids is 2. The van der Waals surface area contributed by atoms with Gasteiger partial charge in [-0.1, -0.05) is 13.8 Å². The molecule has 2 amide bonds. The molecule has 0 atom stereocenters. The van der Waals surface area contributed by atoms with Crippen molar-refractivity contribution in [3.05, 3.63) is 23.8 Å². The molecule has 0 bridgehead atoms. The molecule has 0 aliphatic carbocycles. The maximum atomic E-state index is 11.6. The van der Waals surface area contributed by atoms with Gasteiger partial charge in [0.1, 0.15) is 0 Å². The van der Waals surface area contributed by atoms with Gasteiger partial charge in [0, 0.05) is 30.8 Å². The Labute approximate surface area is 107 Å². The molecule has 1 aliphatic rings. The van der Waals surface area contributed by atoms with Crippen LogP contribution in [0.1, 0.15) is 25.8 Å². The molecule has 1 aromatic rings. The van der Waals surface area contributed by atoms with E-state index in [0.717, 1.165) is 23.4 Å². The summed E-state index contributed by atoms with van der Waals surface area (Å²) < 4.78 is 0. The summed E-state index contributed by atoms with van der Waals surface area (Å²) in [6.07, 6.45) is 1.27. The standard InChI is InChI=1S/C14H18N2O2/c1-9(2)14(18)15-11-5-6-12-10(8-11)4-7-13(17)16(12)3/h5-6,8-9H,4,7H2,1-3H3,(H,15,18). The SMILES string of the molecule is CC(C)C(=O)Nc1ccc2c(c1)CCC(=O)N2C. The minimum absolute atomic E-state index is 0.00944. The van der Waals surface area contributed by atoms with Crippen LogP contribution >= 0.6 is 0 Å². The predicted molar refractivity (Wildman–Crippen MR) is 71.6 cm³/mol. The van der Waals surface area contributed by atoms with Crippen molar-refractivity contribution >= 4 is 23.2 Å². The topological polar surface area (TPSA) is 49.4 Å². The van der Waals surface area contributed by atoms with Crippen LogP contribution in [0.15, 0.2) is 18.2 Å². The summed E-state index contributed by atoms with van der Waals surface area (Å²) in [6, 6.07) is 5.69. The smallest absolute Gasteiger partial charge is 0.227 e. The Morgan fingerprint density at radius 3 is 2.72 bits per heavy atom. The first-order valence-corrected chi connectivity index (χ1v) is 6.19. The van der Waals surface area contributed by atoms with Crippen molar-refractivity contribution in [1.29, 1.82) is 0 Å². The lowest BCUT2D eigenvalue weighted by Gasteiger charge is -2.26. The van der Waals surface area contributed by atoms with Crippen molar-refractivity contribution in [2.75, 3.05) is 17.3 Å². The van der Waals surface area contributed by atoms with E-state index in [1.165, 1.54) is 0 Å². The third-order valence-electron chi connectivity index (χ3n) is 3.22. The quantitative estimate of drug-likeness (QED) is 0.869. The summed E-state index contributed by atoms with van der Waals surface area (Å²) in [4.78, 5) is 24.9. The number of hydrogen-bond donors (Lipinski definition) is 1. The zero-order valence-corrected chi connectivity index (χ0v) is 11.0. The second-order valence-corrected chi connectivity index (χ2v) is 4.94. The molecule has 1 aliphatic heterocycles. The second kappa shape index (κ2) is 4.80. The lowest BCUT2D eigenvalue weighted by atomic mass is 10.0. The molecule has 1 aromatic carbocycles. The van der Waals surface area contributed by atoms with Crippen molar-refractivity contribution in [2.45, 2.75) is 26.7 Å². The van der Waals surface area contributed by atoms with Gasteiger partial charge in [0.2, 0.25) is 11.8 Å². The number of hydrogen-bond acceptors (Lipinski definition) is 2. The third kappa shape index (κ3) is 2.37. The van der Waals surface area contributed by atoms with Gasteiger partial charge in [-0.25, -0.2) is 0 Å². The fourth-order valence-electron chi connectivity index (χ4n) is 2.02. The Bertz CT molecular complexity index is 495. The molecule has 1 heterocycles. The minimum atomic E-state index is -0.0368. The molecule has 0 saturated carbocycles. The van der Waals surface area contributed by atoms with Crippen LogP contribution in [0.3, 0.4) is 0 Å². The molecule has 4 heteroatoms. The lowest BCUT2D eigenvalue weighted by Crippen LogP contribution is -2.31. The highest BCUT2D eigenvalue weighted by atomic mass is 16.2. The fourth-order valence-corrected chi connectivity index (χ4v) is 2.02. The molecule has 18 heavy (non-hydrogen) atoms. The monoisotopic (exact) mass is 246 g/mol.